The minimum Gasteiger partial charge on any atom is -0.304 e. The molecular formula is C12H16BrN3O2. The number of piperazine rings is 1. The van der Waals surface area contributed by atoms with Crippen LogP contribution in [0.4, 0.5) is 5.69 Å². The van der Waals surface area contributed by atoms with E-state index in [1.54, 1.807) is 12.1 Å². The van der Waals surface area contributed by atoms with Gasteiger partial charge in [0.05, 0.1) is 4.92 Å². The van der Waals surface area contributed by atoms with E-state index in [1.807, 2.05) is 6.07 Å². The molecule has 18 heavy (non-hydrogen) atoms. The van der Waals surface area contributed by atoms with E-state index >= 15 is 0 Å². The van der Waals surface area contributed by atoms with E-state index in [0.717, 1.165) is 42.8 Å². The average Bonchev–Trinajstić information content (AvgIpc) is 2.34. The van der Waals surface area contributed by atoms with Gasteiger partial charge in [-0.1, -0.05) is 15.9 Å². The molecule has 6 heteroatoms. The second-order valence-electron chi connectivity index (χ2n) is 4.61. The number of benzene rings is 1. The van der Waals surface area contributed by atoms with Crippen LogP contribution in [0.1, 0.15) is 5.56 Å². The lowest BCUT2D eigenvalue weighted by atomic mass is 10.2. The number of rotatable bonds is 3. The first kappa shape index (κ1) is 13.5. The highest BCUT2D eigenvalue weighted by Crippen LogP contribution is 2.24. The third kappa shape index (κ3) is 3.28. The zero-order valence-electron chi connectivity index (χ0n) is 10.3. The Balaban J connectivity index is 2.03. The van der Waals surface area contributed by atoms with Gasteiger partial charge < -0.3 is 4.90 Å². The minimum atomic E-state index is -0.371. The van der Waals surface area contributed by atoms with Gasteiger partial charge in [0.1, 0.15) is 0 Å². The fraction of sp³-hybridized carbons (Fsp3) is 0.500. The van der Waals surface area contributed by atoms with Gasteiger partial charge in [0.2, 0.25) is 0 Å². The molecule has 0 saturated carbocycles. The van der Waals surface area contributed by atoms with Crippen LogP contribution < -0.4 is 0 Å². The Hall–Kier alpha value is -0.980. The Morgan fingerprint density at radius 3 is 2.56 bits per heavy atom. The van der Waals surface area contributed by atoms with Crippen LogP contribution in [0.5, 0.6) is 0 Å². The van der Waals surface area contributed by atoms with Crippen molar-refractivity contribution < 1.29 is 4.92 Å². The van der Waals surface area contributed by atoms with E-state index in [9.17, 15) is 10.1 Å². The van der Waals surface area contributed by atoms with E-state index < -0.39 is 0 Å². The van der Waals surface area contributed by atoms with Gasteiger partial charge in [0.15, 0.2) is 0 Å². The molecule has 1 aliphatic rings. The maximum absolute atomic E-state index is 10.7. The second-order valence-corrected chi connectivity index (χ2v) is 5.47. The number of nitro benzene ring substituents is 1. The van der Waals surface area contributed by atoms with Crippen molar-refractivity contribution in [3.05, 3.63) is 38.3 Å². The highest BCUT2D eigenvalue weighted by atomic mass is 79.9. The molecule has 1 fully saturated rings. The predicted octanol–water partition coefficient (Wildman–Crippen LogP) is 2.10. The molecule has 0 spiro atoms. The summed E-state index contributed by atoms with van der Waals surface area (Å²) in [6.07, 6.45) is 0. The van der Waals surface area contributed by atoms with Crippen molar-refractivity contribution in [3.8, 4) is 0 Å². The molecule has 1 aliphatic heterocycles. The van der Waals surface area contributed by atoms with Crippen LogP contribution in [0.15, 0.2) is 22.7 Å². The van der Waals surface area contributed by atoms with Crippen molar-refractivity contribution in [2.75, 3.05) is 33.2 Å². The lowest BCUT2D eigenvalue weighted by Crippen LogP contribution is -2.43. The van der Waals surface area contributed by atoms with E-state index in [-0.39, 0.29) is 10.6 Å². The molecule has 0 radical (unpaired) electrons. The van der Waals surface area contributed by atoms with Crippen LogP contribution >= 0.6 is 15.9 Å². The van der Waals surface area contributed by atoms with Crippen LogP contribution in [0.25, 0.3) is 0 Å². The SMILES string of the molecule is CN1CCN(Cc2ccc([N+](=O)[O-])cc2Br)CC1. The van der Waals surface area contributed by atoms with Crippen molar-refractivity contribution >= 4 is 21.6 Å². The number of non-ortho nitro benzene ring substituents is 1. The van der Waals surface area contributed by atoms with Crippen molar-refractivity contribution in [2.24, 2.45) is 0 Å². The highest BCUT2D eigenvalue weighted by molar-refractivity contribution is 9.10. The van der Waals surface area contributed by atoms with Crippen LogP contribution in [-0.2, 0) is 6.54 Å². The molecular weight excluding hydrogens is 298 g/mol. The number of halogens is 1. The molecule has 0 atom stereocenters. The van der Waals surface area contributed by atoms with Gasteiger partial charge in [-0.25, -0.2) is 0 Å². The summed E-state index contributed by atoms with van der Waals surface area (Å²) in [5.41, 5.74) is 1.23. The summed E-state index contributed by atoms with van der Waals surface area (Å²) < 4.78 is 0.815. The Bertz CT molecular complexity index is 445. The topological polar surface area (TPSA) is 49.6 Å². The second kappa shape index (κ2) is 5.77. The van der Waals surface area contributed by atoms with Crippen LogP contribution in [0, 0.1) is 10.1 Å². The van der Waals surface area contributed by atoms with Gasteiger partial charge in [-0.3, -0.25) is 15.0 Å². The number of nitro groups is 1. The lowest BCUT2D eigenvalue weighted by molar-refractivity contribution is -0.384. The molecule has 1 aromatic rings. The molecule has 1 saturated heterocycles. The first-order chi connectivity index (χ1) is 8.56. The summed E-state index contributed by atoms with van der Waals surface area (Å²) in [6.45, 7) is 5.07. The molecule has 1 heterocycles. The maximum atomic E-state index is 10.7. The Labute approximate surface area is 115 Å². The van der Waals surface area contributed by atoms with E-state index in [0.29, 0.717) is 0 Å². The fourth-order valence-corrected chi connectivity index (χ4v) is 2.52. The maximum Gasteiger partial charge on any atom is 0.270 e. The first-order valence-electron chi connectivity index (χ1n) is 5.90. The van der Waals surface area contributed by atoms with Crippen molar-refractivity contribution in [1.29, 1.82) is 0 Å². The van der Waals surface area contributed by atoms with E-state index in [1.165, 1.54) is 0 Å². The Morgan fingerprint density at radius 1 is 1.33 bits per heavy atom. The zero-order valence-corrected chi connectivity index (χ0v) is 11.9. The molecule has 0 amide bonds. The molecule has 0 unspecified atom stereocenters. The summed E-state index contributed by atoms with van der Waals surface area (Å²) in [4.78, 5) is 15.0. The normalized spacial score (nSPS) is 17.9. The molecule has 5 nitrogen and oxygen atoms in total. The highest BCUT2D eigenvalue weighted by Gasteiger charge is 2.16. The van der Waals surface area contributed by atoms with Crippen LogP contribution in [-0.4, -0.2) is 47.9 Å². The number of hydrogen-bond donors (Lipinski definition) is 0. The first-order valence-corrected chi connectivity index (χ1v) is 6.69. The van der Waals surface area contributed by atoms with Gasteiger partial charge in [0, 0.05) is 49.3 Å². The van der Waals surface area contributed by atoms with Gasteiger partial charge in [-0.05, 0) is 18.7 Å². The van der Waals surface area contributed by atoms with Crippen LogP contribution in [0.2, 0.25) is 0 Å². The molecule has 0 bridgehead atoms. The van der Waals surface area contributed by atoms with Gasteiger partial charge in [-0.15, -0.1) is 0 Å². The number of likely N-dealkylation sites (N-methyl/N-ethyl adjacent to an activating group) is 1. The quantitative estimate of drug-likeness (QED) is 0.633. The molecule has 98 valence electrons. The number of nitrogens with zero attached hydrogens (tertiary/aromatic N) is 3. The smallest absolute Gasteiger partial charge is 0.270 e. The summed E-state index contributed by atoms with van der Waals surface area (Å²) in [5.74, 6) is 0. The fourth-order valence-electron chi connectivity index (χ4n) is 2.02. The van der Waals surface area contributed by atoms with Crippen LogP contribution in [0.3, 0.4) is 0 Å². The van der Waals surface area contributed by atoms with Gasteiger partial charge in [0.25, 0.3) is 5.69 Å². The largest absolute Gasteiger partial charge is 0.304 e. The van der Waals surface area contributed by atoms with E-state index in [2.05, 4.69) is 32.8 Å². The van der Waals surface area contributed by atoms with Crippen molar-refractivity contribution in [2.45, 2.75) is 6.54 Å². The van der Waals surface area contributed by atoms with Crippen molar-refractivity contribution in [1.82, 2.24) is 9.80 Å². The summed E-state index contributed by atoms with van der Waals surface area (Å²) >= 11 is 3.41. The number of hydrogen-bond acceptors (Lipinski definition) is 4. The lowest BCUT2D eigenvalue weighted by Gasteiger charge is -2.32. The Kier molecular flexibility index (Phi) is 4.31. The molecule has 2 rings (SSSR count). The standard InChI is InChI=1S/C12H16BrN3O2/c1-14-4-6-15(7-5-14)9-10-2-3-11(16(17)18)8-12(10)13/h2-3,8H,4-7,9H2,1H3. The summed E-state index contributed by atoms with van der Waals surface area (Å²) in [5, 5.41) is 10.7. The third-order valence-corrected chi connectivity index (χ3v) is 3.98. The van der Waals surface area contributed by atoms with Gasteiger partial charge >= 0.3 is 0 Å². The summed E-state index contributed by atoms with van der Waals surface area (Å²) in [7, 11) is 2.12. The minimum absolute atomic E-state index is 0.129. The van der Waals surface area contributed by atoms with E-state index in [4.69, 9.17) is 0 Å². The monoisotopic (exact) mass is 313 g/mol. The third-order valence-electron chi connectivity index (χ3n) is 3.24. The molecule has 0 aromatic heterocycles. The predicted molar refractivity (Wildman–Crippen MR) is 73.6 cm³/mol. The molecule has 1 aromatic carbocycles. The van der Waals surface area contributed by atoms with Gasteiger partial charge in [-0.2, -0.15) is 0 Å². The Morgan fingerprint density at radius 2 is 2.00 bits per heavy atom. The molecule has 0 N–H and O–H groups in total. The zero-order chi connectivity index (χ0) is 13.1. The summed E-state index contributed by atoms with van der Waals surface area (Å²) in [6, 6.07) is 4.97. The van der Waals surface area contributed by atoms with Crippen molar-refractivity contribution in [3.63, 3.8) is 0 Å². The molecule has 0 aliphatic carbocycles. The average molecular weight is 314 g/mol.